The van der Waals surface area contributed by atoms with E-state index in [9.17, 15) is 28.1 Å². The predicted octanol–water partition coefficient (Wildman–Crippen LogP) is 2.11. The summed E-state index contributed by atoms with van der Waals surface area (Å²) in [4.78, 5) is 19.9. The van der Waals surface area contributed by atoms with Gasteiger partial charge in [-0.25, -0.2) is 4.79 Å². The topological polar surface area (TPSA) is 80.4 Å². The van der Waals surface area contributed by atoms with E-state index in [-0.39, 0.29) is 0 Å². The lowest BCUT2D eigenvalue weighted by Gasteiger charge is -2.09. The quantitative estimate of drug-likeness (QED) is 0.657. The van der Waals surface area contributed by atoms with Crippen molar-refractivity contribution >= 4 is 5.97 Å². The Bertz CT molecular complexity index is 444. The summed E-state index contributed by atoms with van der Waals surface area (Å²) in [6.45, 7) is 0. The summed E-state index contributed by atoms with van der Waals surface area (Å²) in [6, 6.07) is 0.871. The molecule has 1 aromatic carbocycles. The van der Waals surface area contributed by atoms with Crippen LogP contribution in [0.25, 0.3) is 0 Å². The fourth-order valence-corrected chi connectivity index (χ4v) is 1.24. The molecule has 1 rings (SSSR count). The van der Waals surface area contributed by atoms with Crippen LogP contribution in [0.2, 0.25) is 0 Å². The highest BCUT2D eigenvalue weighted by Crippen LogP contribution is 2.31. The van der Waals surface area contributed by atoms with Gasteiger partial charge in [0.25, 0.3) is 0 Å². The molecule has 0 radical (unpaired) electrons. The van der Waals surface area contributed by atoms with Crippen LogP contribution in [0, 0.1) is 10.1 Å². The van der Waals surface area contributed by atoms with Crippen LogP contribution in [0.4, 0.5) is 13.2 Å². The minimum Gasteiger partial charge on any atom is -0.476 e. The number of rotatable bonds is 3. The number of carboxylic acid groups (broad SMARTS) is 1. The first-order chi connectivity index (χ1) is 7.73. The molecule has 0 fully saturated rings. The van der Waals surface area contributed by atoms with Crippen molar-refractivity contribution in [2.24, 2.45) is 0 Å². The minimum atomic E-state index is -4.67. The lowest BCUT2D eigenvalue weighted by molar-refractivity contribution is -0.516. The van der Waals surface area contributed by atoms with Crippen LogP contribution in [0.15, 0.2) is 24.3 Å². The van der Waals surface area contributed by atoms with Gasteiger partial charge in [-0.05, 0) is 12.1 Å². The van der Waals surface area contributed by atoms with E-state index in [1.807, 2.05) is 0 Å². The highest BCUT2D eigenvalue weighted by atomic mass is 19.4. The van der Waals surface area contributed by atoms with E-state index in [2.05, 4.69) is 0 Å². The fraction of sp³-hybridized carbons (Fsp3) is 0.222. The first-order valence-electron chi connectivity index (χ1n) is 4.27. The number of nitro groups is 1. The largest absolute Gasteiger partial charge is 0.476 e. The van der Waals surface area contributed by atoms with Gasteiger partial charge in [-0.2, -0.15) is 13.2 Å². The maximum Gasteiger partial charge on any atom is 0.416 e. The Labute approximate surface area is 92.6 Å². The summed E-state index contributed by atoms with van der Waals surface area (Å²) >= 11 is 0. The molecule has 0 spiro atoms. The number of hydrogen-bond acceptors (Lipinski definition) is 3. The number of carboxylic acids is 1. The van der Waals surface area contributed by atoms with Crippen molar-refractivity contribution in [3.05, 3.63) is 45.5 Å². The van der Waals surface area contributed by atoms with Gasteiger partial charge < -0.3 is 5.11 Å². The van der Waals surface area contributed by atoms with Gasteiger partial charge in [0, 0.05) is 10.5 Å². The molecule has 1 atom stereocenters. The van der Waals surface area contributed by atoms with E-state index in [4.69, 9.17) is 5.11 Å². The first kappa shape index (κ1) is 12.9. The Balaban J connectivity index is 3.23. The normalized spacial score (nSPS) is 13.1. The molecule has 17 heavy (non-hydrogen) atoms. The second kappa shape index (κ2) is 4.40. The molecule has 0 aliphatic carbocycles. The van der Waals surface area contributed by atoms with Crippen molar-refractivity contribution in [3.8, 4) is 0 Å². The van der Waals surface area contributed by atoms with Crippen LogP contribution in [0.1, 0.15) is 17.2 Å². The second-order valence-corrected chi connectivity index (χ2v) is 3.15. The fourth-order valence-electron chi connectivity index (χ4n) is 1.24. The summed E-state index contributed by atoms with van der Waals surface area (Å²) in [5.41, 5.74) is -1.64. The molecular weight excluding hydrogens is 243 g/mol. The Morgan fingerprint density at radius 3 is 2.41 bits per heavy atom. The summed E-state index contributed by atoms with van der Waals surface area (Å²) in [5.74, 6) is -1.81. The van der Waals surface area contributed by atoms with Crippen molar-refractivity contribution in [2.75, 3.05) is 0 Å². The SMILES string of the molecule is O=C(O)C(c1cccc(C(F)(F)F)c1)[N+](=O)[O-]. The smallest absolute Gasteiger partial charge is 0.416 e. The monoisotopic (exact) mass is 249 g/mol. The molecule has 1 unspecified atom stereocenters. The molecule has 0 aromatic heterocycles. The zero-order valence-corrected chi connectivity index (χ0v) is 8.14. The predicted molar refractivity (Wildman–Crippen MR) is 48.8 cm³/mol. The van der Waals surface area contributed by atoms with Crippen LogP contribution < -0.4 is 0 Å². The molecule has 0 aliphatic rings. The van der Waals surface area contributed by atoms with Gasteiger partial charge in [0.2, 0.25) is 0 Å². The highest BCUT2D eigenvalue weighted by Gasteiger charge is 2.35. The van der Waals surface area contributed by atoms with E-state index in [0.29, 0.717) is 12.1 Å². The van der Waals surface area contributed by atoms with Gasteiger partial charge in [-0.15, -0.1) is 0 Å². The van der Waals surface area contributed by atoms with Crippen molar-refractivity contribution in [1.29, 1.82) is 0 Å². The summed E-state index contributed by atoms with van der Waals surface area (Å²) in [6.07, 6.45) is -4.67. The zero-order valence-electron chi connectivity index (χ0n) is 8.14. The third-order valence-electron chi connectivity index (χ3n) is 1.97. The number of hydrogen-bond donors (Lipinski definition) is 1. The van der Waals surface area contributed by atoms with Gasteiger partial charge in [-0.3, -0.25) is 10.1 Å². The third kappa shape index (κ3) is 2.92. The molecule has 1 aromatic rings. The van der Waals surface area contributed by atoms with Gasteiger partial charge in [0.1, 0.15) is 0 Å². The minimum absolute atomic E-state index is 0.460. The van der Waals surface area contributed by atoms with E-state index in [0.717, 1.165) is 12.1 Å². The molecule has 92 valence electrons. The van der Waals surface area contributed by atoms with Gasteiger partial charge in [0.15, 0.2) is 0 Å². The molecule has 0 saturated carbocycles. The zero-order chi connectivity index (χ0) is 13.2. The maximum atomic E-state index is 12.3. The first-order valence-corrected chi connectivity index (χ1v) is 4.27. The lowest BCUT2D eigenvalue weighted by Crippen LogP contribution is -2.21. The van der Waals surface area contributed by atoms with Crippen molar-refractivity contribution in [2.45, 2.75) is 12.2 Å². The van der Waals surface area contributed by atoms with Crippen LogP contribution in [-0.4, -0.2) is 16.0 Å². The maximum absolute atomic E-state index is 12.3. The molecule has 0 amide bonds. The lowest BCUT2D eigenvalue weighted by atomic mass is 10.0. The molecule has 5 nitrogen and oxygen atoms in total. The number of carbonyl (C=O) groups is 1. The number of nitrogens with zero attached hydrogens (tertiary/aromatic N) is 1. The molecule has 0 aliphatic heterocycles. The average Bonchev–Trinajstić information content (AvgIpc) is 2.15. The molecule has 0 heterocycles. The Morgan fingerprint density at radius 1 is 1.41 bits per heavy atom. The molecule has 8 heteroatoms. The van der Waals surface area contributed by atoms with E-state index < -0.39 is 34.2 Å². The van der Waals surface area contributed by atoms with E-state index in [1.54, 1.807) is 0 Å². The van der Waals surface area contributed by atoms with Gasteiger partial charge >= 0.3 is 18.2 Å². The summed E-state index contributed by atoms with van der Waals surface area (Å²) in [5, 5.41) is 19.0. The standard InChI is InChI=1S/C9H6F3NO4/c10-9(11,12)6-3-1-2-5(4-6)7(8(14)15)13(16)17/h1-4,7H,(H,14,15). The van der Waals surface area contributed by atoms with E-state index in [1.165, 1.54) is 0 Å². The van der Waals surface area contributed by atoms with Crippen molar-refractivity contribution in [1.82, 2.24) is 0 Å². The van der Waals surface area contributed by atoms with Crippen LogP contribution >= 0.6 is 0 Å². The molecule has 1 N–H and O–H groups in total. The van der Waals surface area contributed by atoms with Gasteiger partial charge in [0.05, 0.1) is 5.56 Å². The molecular formula is C9H6F3NO4. The highest BCUT2D eigenvalue weighted by molar-refractivity contribution is 5.74. The van der Waals surface area contributed by atoms with Crippen LogP contribution in [0.3, 0.4) is 0 Å². The van der Waals surface area contributed by atoms with Crippen LogP contribution in [-0.2, 0) is 11.0 Å². The van der Waals surface area contributed by atoms with Gasteiger partial charge in [-0.1, -0.05) is 12.1 Å². The second-order valence-electron chi connectivity index (χ2n) is 3.15. The average molecular weight is 249 g/mol. The third-order valence-corrected chi connectivity index (χ3v) is 1.97. The summed E-state index contributed by atoms with van der Waals surface area (Å²) in [7, 11) is 0. The van der Waals surface area contributed by atoms with Crippen LogP contribution in [0.5, 0.6) is 0 Å². The number of aliphatic carboxylic acids is 1. The number of alkyl halides is 3. The van der Waals surface area contributed by atoms with E-state index >= 15 is 0 Å². The number of benzene rings is 1. The Morgan fingerprint density at radius 2 is 2.00 bits per heavy atom. The van der Waals surface area contributed by atoms with Crippen molar-refractivity contribution < 1.29 is 28.0 Å². The molecule has 0 saturated heterocycles. The Hall–Kier alpha value is -2.12. The molecule has 0 bridgehead atoms. The Kier molecular flexibility index (Phi) is 3.35. The van der Waals surface area contributed by atoms with Crippen molar-refractivity contribution in [3.63, 3.8) is 0 Å². The summed E-state index contributed by atoms with van der Waals surface area (Å²) < 4.78 is 36.9. The number of halogens is 3.